The fourth-order valence-corrected chi connectivity index (χ4v) is 3.73. The predicted octanol–water partition coefficient (Wildman–Crippen LogP) is 3.04. The summed E-state index contributed by atoms with van der Waals surface area (Å²) in [7, 11) is 0. The van der Waals surface area contributed by atoms with Gasteiger partial charge in [0, 0.05) is 49.6 Å². The zero-order valence-corrected chi connectivity index (χ0v) is 17.4. The Hall–Kier alpha value is -3.82. The molecule has 2 aromatic heterocycles. The smallest absolute Gasteiger partial charge is 0.271 e. The summed E-state index contributed by atoms with van der Waals surface area (Å²) in [4.78, 5) is 38.4. The maximum atomic E-state index is 12.8. The van der Waals surface area contributed by atoms with Gasteiger partial charge in [-0.3, -0.25) is 19.5 Å². The Morgan fingerprint density at radius 1 is 1.13 bits per heavy atom. The molecule has 4 rings (SSSR count). The van der Waals surface area contributed by atoms with Crippen molar-refractivity contribution in [1.82, 2.24) is 19.5 Å². The molecule has 160 valence electrons. The molecule has 1 saturated heterocycles. The molecule has 0 saturated carbocycles. The van der Waals surface area contributed by atoms with Crippen LogP contribution < -0.4 is 10.2 Å². The average molecular weight is 421 g/mol. The summed E-state index contributed by atoms with van der Waals surface area (Å²) in [6.07, 6.45) is 6.46. The molecule has 3 aromatic rings. The van der Waals surface area contributed by atoms with Crippen LogP contribution in [0, 0.1) is 29.9 Å². The number of hydrogen-bond acceptors (Lipinski definition) is 7. The van der Waals surface area contributed by atoms with Crippen molar-refractivity contribution >= 4 is 23.1 Å². The number of aromatic nitrogens is 4. The SMILES string of the molecule is Cc1ccc([N+](=O)[O-])cc1NC(=O)C1CCN(c2cc(-n3ccnc3C)ncn2)CC1. The van der Waals surface area contributed by atoms with E-state index in [2.05, 4.69) is 25.2 Å². The number of hydrogen-bond donors (Lipinski definition) is 1. The number of non-ortho nitro benzene ring substituents is 1. The summed E-state index contributed by atoms with van der Waals surface area (Å²) < 4.78 is 1.90. The summed E-state index contributed by atoms with van der Waals surface area (Å²) >= 11 is 0. The van der Waals surface area contributed by atoms with Crippen LogP contribution in [0.4, 0.5) is 17.2 Å². The Balaban J connectivity index is 1.40. The van der Waals surface area contributed by atoms with Crippen LogP contribution in [-0.4, -0.2) is 43.4 Å². The fourth-order valence-electron chi connectivity index (χ4n) is 3.73. The summed E-state index contributed by atoms with van der Waals surface area (Å²) in [5.41, 5.74) is 1.24. The zero-order chi connectivity index (χ0) is 22.0. The molecule has 1 fully saturated rings. The van der Waals surface area contributed by atoms with Crippen LogP contribution in [0.2, 0.25) is 0 Å². The lowest BCUT2D eigenvalue weighted by Crippen LogP contribution is -2.38. The summed E-state index contributed by atoms with van der Waals surface area (Å²) in [5, 5.41) is 13.9. The molecule has 0 aliphatic carbocycles. The number of benzene rings is 1. The quantitative estimate of drug-likeness (QED) is 0.497. The fraction of sp³-hybridized carbons (Fsp3) is 0.333. The maximum Gasteiger partial charge on any atom is 0.271 e. The number of rotatable bonds is 5. The Morgan fingerprint density at radius 3 is 2.55 bits per heavy atom. The van der Waals surface area contributed by atoms with E-state index in [4.69, 9.17) is 0 Å². The first kappa shape index (κ1) is 20.5. The summed E-state index contributed by atoms with van der Waals surface area (Å²) in [5.74, 6) is 2.14. The molecule has 1 aromatic carbocycles. The number of anilines is 2. The number of nitro benzene ring substituents is 1. The highest BCUT2D eigenvalue weighted by Gasteiger charge is 2.26. The number of nitrogens with zero attached hydrogens (tertiary/aromatic N) is 6. The molecule has 1 amide bonds. The molecule has 1 aliphatic heterocycles. The normalized spacial score (nSPS) is 14.5. The molecule has 0 atom stereocenters. The van der Waals surface area contributed by atoms with E-state index in [0.29, 0.717) is 31.6 Å². The minimum absolute atomic E-state index is 0.0385. The second kappa shape index (κ2) is 8.50. The van der Waals surface area contributed by atoms with Gasteiger partial charge in [0.2, 0.25) is 5.91 Å². The van der Waals surface area contributed by atoms with Gasteiger partial charge in [0.1, 0.15) is 23.8 Å². The first-order chi connectivity index (χ1) is 14.9. The molecule has 0 bridgehead atoms. The van der Waals surface area contributed by atoms with E-state index in [-0.39, 0.29) is 17.5 Å². The minimum Gasteiger partial charge on any atom is -0.356 e. The third-order valence-electron chi connectivity index (χ3n) is 5.59. The molecule has 3 heterocycles. The molecule has 1 aliphatic rings. The first-order valence-corrected chi connectivity index (χ1v) is 10.1. The molecule has 0 unspecified atom stereocenters. The van der Waals surface area contributed by atoms with Crippen LogP contribution in [0.3, 0.4) is 0 Å². The first-order valence-electron chi connectivity index (χ1n) is 10.1. The van der Waals surface area contributed by atoms with Crippen LogP contribution in [0.15, 0.2) is 43.0 Å². The highest BCUT2D eigenvalue weighted by atomic mass is 16.6. The molecular formula is C21H23N7O3. The van der Waals surface area contributed by atoms with Gasteiger partial charge in [-0.15, -0.1) is 0 Å². The van der Waals surface area contributed by atoms with E-state index >= 15 is 0 Å². The number of carbonyl (C=O) groups is 1. The van der Waals surface area contributed by atoms with Gasteiger partial charge in [-0.2, -0.15) is 0 Å². The standard InChI is InChI=1S/C21H23N7O3/c1-14-3-4-17(28(30)31)11-18(14)25-21(29)16-5-8-26(9-6-16)19-12-20(24-13-23-19)27-10-7-22-15(27)2/h3-4,7,10-13,16H,5-6,8-9H2,1-2H3,(H,25,29). The van der Waals surface area contributed by atoms with Crippen LogP contribution in [0.25, 0.3) is 5.82 Å². The monoisotopic (exact) mass is 421 g/mol. The Bertz CT molecular complexity index is 1120. The highest BCUT2D eigenvalue weighted by molar-refractivity contribution is 5.93. The van der Waals surface area contributed by atoms with Gasteiger partial charge < -0.3 is 10.2 Å². The van der Waals surface area contributed by atoms with Gasteiger partial charge in [-0.05, 0) is 32.3 Å². The van der Waals surface area contributed by atoms with Crippen LogP contribution >= 0.6 is 0 Å². The predicted molar refractivity (Wildman–Crippen MR) is 115 cm³/mol. The largest absolute Gasteiger partial charge is 0.356 e. The van der Waals surface area contributed by atoms with Crippen molar-refractivity contribution in [2.75, 3.05) is 23.3 Å². The van der Waals surface area contributed by atoms with Gasteiger partial charge in [0.05, 0.1) is 10.6 Å². The summed E-state index contributed by atoms with van der Waals surface area (Å²) in [6.45, 7) is 5.10. The van der Waals surface area contributed by atoms with Crippen molar-refractivity contribution in [3.8, 4) is 5.82 Å². The number of piperidine rings is 1. The van der Waals surface area contributed by atoms with Crippen molar-refractivity contribution in [1.29, 1.82) is 0 Å². The third-order valence-corrected chi connectivity index (χ3v) is 5.59. The van der Waals surface area contributed by atoms with E-state index in [9.17, 15) is 14.9 Å². The van der Waals surface area contributed by atoms with Crippen LogP contribution in [0.5, 0.6) is 0 Å². The zero-order valence-electron chi connectivity index (χ0n) is 17.4. The number of imidazole rings is 1. The number of aryl methyl sites for hydroxylation is 2. The lowest BCUT2D eigenvalue weighted by atomic mass is 9.95. The van der Waals surface area contributed by atoms with Crippen LogP contribution in [0.1, 0.15) is 24.2 Å². The Morgan fingerprint density at radius 2 is 1.87 bits per heavy atom. The lowest BCUT2D eigenvalue weighted by molar-refractivity contribution is -0.384. The summed E-state index contributed by atoms with van der Waals surface area (Å²) in [6, 6.07) is 6.40. The second-order valence-corrected chi connectivity index (χ2v) is 7.59. The van der Waals surface area contributed by atoms with Crippen molar-refractivity contribution in [3.05, 3.63) is 64.5 Å². The van der Waals surface area contributed by atoms with Gasteiger partial charge in [0.15, 0.2) is 0 Å². The number of amides is 1. The van der Waals surface area contributed by atoms with Gasteiger partial charge in [-0.25, -0.2) is 15.0 Å². The lowest BCUT2D eigenvalue weighted by Gasteiger charge is -2.32. The molecule has 10 nitrogen and oxygen atoms in total. The average Bonchev–Trinajstić information content (AvgIpc) is 3.21. The minimum atomic E-state index is -0.463. The van der Waals surface area contributed by atoms with E-state index in [0.717, 1.165) is 23.0 Å². The Kier molecular flexibility index (Phi) is 5.61. The Labute approximate surface area is 179 Å². The van der Waals surface area contributed by atoms with Crippen molar-refractivity contribution in [2.45, 2.75) is 26.7 Å². The molecular weight excluding hydrogens is 398 g/mol. The van der Waals surface area contributed by atoms with Gasteiger partial charge >= 0.3 is 0 Å². The van der Waals surface area contributed by atoms with Gasteiger partial charge in [0.25, 0.3) is 5.69 Å². The molecule has 1 N–H and O–H groups in total. The third kappa shape index (κ3) is 4.37. The molecule has 0 spiro atoms. The van der Waals surface area contributed by atoms with Crippen molar-refractivity contribution < 1.29 is 9.72 Å². The van der Waals surface area contributed by atoms with Gasteiger partial charge in [-0.1, -0.05) is 6.07 Å². The molecule has 10 heteroatoms. The molecule has 31 heavy (non-hydrogen) atoms. The number of carbonyl (C=O) groups excluding carboxylic acids is 1. The van der Waals surface area contributed by atoms with Crippen molar-refractivity contribution in [2.24, 2.45) is 5.92 Å². The van der Waals surface area contributed by atoms with E-state index in [1.807, 2.05) is 30.7 Å². The maximum absolute atomic E-state index is 12.8. The van der Waals surface area contributed by atoms with E-state index in [1.165, 1.54) is 18.5 Å². The van der Waals surface area contributed by atoms with E-state index in [1.54, 1.807) is 12.3 Å². The highest BCUT2D eigenvalue weighted by Crippen LogP contribution is 2.26. The number of nitrogens with one attached hydrogen (secondary N) is 1. The van der Waals surface area contributed by atoms with Crippen molar-refractivity contribution in [3.63, 3.8) is 0 Å². The molecule has 0 radical (unpaired) electrons. The topological polar surface area (TPSA) is 119 Å². The van der Waals surface area contributed by atoms with E-state index < -0.39 is 4.92 Å². The second-order valence-electron chi connectivity index (χ2n) is 7.59. The number of nitro groups is 1. The van der Waals surface area contributed by atoms with Crippen LogP contribution in [-0.2, 0) is 4.79 Å².